The quantitative estimate of drug-likeness (QED) is 0.182. The highest BCUT2D eigenvalue weighted by Crippen LogP contribution is 2.42. The number of benzene rings is 9. The number of fused-ring (bicyclic) bond motifs is 11. The van der Waals surface area contributed by atoms with E-state index >= 15 is 0 Å². The van der Waals surface area contributed by atoms with Crippen LogP contribution in [0.3, 0.4) is 0 Å². The van der Waals surface area contributed by atoms with Gasteiger partial charge < -0.3 is 4.57 Å². The minimum atomic E-state index is 0.802. The van der Waals surface area contributed by atoms with Crippen molar-refractivity contribution in [3.8, 4) is 33.9 Å². The largest absolute Gasteiger partial charge is 0.309 e. The minimum Gasteiger partial charge on any atom is -0.309 e. The van der Waals surface area contributed by atoms with Crippen molar-refractivity contribution in [1.29, 1.82) is 0 Å². The molecule has 0 aliphatic carbocycles. The van der Waals surface area contributed by atoms with Crippen LogP contribution < -0.4 is 0 Å². The summed E-state index contributed by atoms with van der Waals surface area (Å²) in [4.78, 5) is 10.9. The van der Waals surface area contributed by atoms with Crippen LogP contribution >= 0.6 is 0 Å². The number of aromatic nitrogens is 4. The Morgan fingerprint density at radius 2 is 0.946 bits per heavy atom. The molecule has 12 rings (SSSR count). The molecule has 56 heavy (non-hydrogen) atoms. The molecule has 4 nitrogen and oxygen atoms in total. The van der Waals surface area contributed by atoms with Crippen LogP contribution in [0.4, 0.5) is 0 Å². The molecule has 0 aliphatic rings. The molecule has 0 unspecified atom stereocenters. The summed E-state index contributed by atoms with van der Waals surface area (Å²) in [5, 5.41) is 9.73. The van der Waals surface area contributed by atoms with Crippen LogP contribution in [0, 0.1) is 0 Å². The molecule has 0 bridgehead atoms. The third kappa shape index (κ3) is 4.53. The maximum Gasteiger partial charge on any atom is 0.165 e. The lowest BCUT2D eigenvalue weighted by molar-refractivity contribution is 1.08. The smallest absolute Gasteiger partial charge is 0.165 e. The lowest BCUT2D eigenvalue weighted by atomic mass is 10.0. The molecule has 3 aromatic heterocycles. The molecule has 0 aliphatic heterocycles. The van der Waals surface area contributed by atoms with Crippen molar-refractivity contribution in [2.45, 2.75) is 0 Å². The van der Waals surface area contributed by atoms with Crippen molar-refractivity contribution in [3.05, 3.63) is 194 Å². The summed E-state index contributed by atoms with van der Waals surface area (Å²) in [7, 11) is 0. The van der Waals surface area contributed by atoms with Gasteiger partial charge in [0, 0.05) is 38.2 Å². The van der Waals surface area contributed by atoms with Gasteiger partial charge in [0.05, 0.1) is 33.1 Å². The molecule has 0 radical (unpaired) electrons. The van der Waals surface area contributed by atoms with Gasteiger partial charge in [0.25, 0.3) is 0 Å². The van der Waals surface area contributed by atoms with Crippen molar-refractivity contribution >= 4 is 76.2 Å². The topological polar surface area (TPSA) is 35.6 Å². The Balaban J connectivity index is 1.20. The Morgan fingerprint density at radius 3 is 1.77 bits per heavy atom. The summed E-state index contributed by atoms with van der Waals surface area (Å²) < 4.78 is 4.80. The van der Waals surface area contributed by atoms with E-state index in [0.717, 1.165) is 50.4 Å². The van der Waals surface area contributed by atoms with Crippen LogP contribution in [0.5, 0.6) is 0 Å². The maximum atomic E-state index is 5.48. The Kier molecular flexibility index (Phi) is 6.60. The van der Waals surface area contributed by atoms with E-state index in [2.05, 4.69) is 191 Å². The normalized spacial score (nSPS) is 11.9. The number of hydrogen-bond donors (Lipinski definition) is 0. The first kappa shape index (κ1) is 30.9. The molecule has 12 aromatic rings. The second-order valence-electron chi connectivity index (χ2n) is 14.6. The molecule has 3 heterocycles. The third-order valence-corrected chi connectivity index (χ3v) is 11.5. The highest BCUT2D eigenvalue weighted by Gasteiger charge is 2.22. The maximum absolute atomic E-state index is 5.48. The summed E-state index contributed by atoms with van der Waals surface area (Å²) in [5.41, 5.74) is 11.6. The molecule has 0 spiro atoms. The fourth-order valence-electron chi connectivity index (χ4n) is 8.93. The Bertz CT molecular complexity index is 3520. The van der Waals surface area contributed by atoms with Gasteiger partial charge >= 0.3 is 0 Å². The zero-order valence-electron chi connectivity index (χ0n) is 30.3. The highest BCUT2D eigenvalue weighted by molar-refractivity contribution is 6.22. The first-order valence-electron chi connectivity index (χ1n) is 19.1. The fourth-order valence-corrected chi connectivity index (χ4v) is 8.93. The molecule has 9 aromatic carbocycles. The van der Waals surface area contributed by atoms with Crippen molar-refractivity contribution in [2.24, 2.45) is 0 Å². The van der Waals surface area contributed by atoms with Crippen LogP contribution in [0.15, 0.2) is 194 Å². The summed E-state index contributed by atoms with van der Waals surface area (Å²) in [6, 6.07) is 69.6. The van der Waals surface area contributed by atoms with Crippen molar-refractivity contribution < 1.29 is 0 Å². The van der Waals surface area contributed by atoms with E-state index in [1.165, 1.54) is 59.7 Å². The highest BCUT2D eigenvalue weighted by atomic mass is 15.1. The predicted octanol–water partition coefficient (Wildman–Crippen LogP) is 13.5. The van der Waals surface area contributed by atoms with E-state index in [0.29, 0.717) is 0 Å². The monoisotopic (exact) mass is 712 g/mol. The van der Waals surface area contributed by atoms with Crippen LogP contribution in [-0.2, 0) is 0 Å². The second kappa shape index (κ2) is 12.0. The molecular formula is C52H32N4. The van der Waals surface area contributed by atoms with Gasteiger partial charge in [-0.15, -0.1) is 0 Å². The van der Waals surface area contributed by atoms with E-state index in [1.807, 2.05) is 12.1 Å². The molecule has 0 amide bonds. The van der Waals surface area contributed by atoms with E-state index in [-0.39, 0.29) is 0 Å². The molecule has 260 valence electrons. The number of rotatable bonds is 4. The predicted molar refractivity (Wildman–Crippen MR) is 234 cm³/mol. The van der Waals surface area contributed by atoms with Gasteiger partial charge in [-0.2, -0.15) is 0 Å². The van der Waals surface area contributed by atoms with Gasteiger partial charge in [-0.3, -0.25) is 4.57 Å². The summed E-state index contributed by atoms with van der Waals surface area (Å²) >= 11 is 0. The van der Waals surface area contributed by atoms with Crippen LogP contribution in [0.1, 0.15) is 0 Å². The van der Waals surface area contributed by atoms with Crippen molar-refractivity contribution in [1.82, 2.24) is 19.1 Å². The zero-order valence-corrected chi connectivity index (χ0v) is 30.3. The van der Waals surface area contributed by atoms with E-state index in [4.69, 9.17) is 9.97 Å². The lowest BCUT2D eigenvalue weighted by Gasteiger charge is -2.15. The number of hydrogen-bond acceptors (Lipinski definition) is 2. The number of para-hydroxylation sites is 3. The van der Waals surface area contributed by atoms with Crippen molar-refractivity contribution in [3.63, 3.8) is 0 Å². The Labute approximate surface area is 322 Å². The van der Waals surface area contributed by atoms with Gasteiger partial charge in [-0.05, 0) is 63.7 Å². The average Bonchev–Trinajstić information content (AvgIpc) is 3.79. The third-order valence-electron chi connectivity index (χ3n) is 11.5. The first-order chi connectivity index (χ1) is 27.8. The van der Waals surface area contributed by atoms with E-state index in [1.54, 1.807) is 0 Å². The summed E-state index contributed by atoms with van der Waals surface area (Å²) in [6.45, 7) is 0. The van der Waals surface area contributed by atoms with Gasteiger partial charge in [0.2, 0.25) is 0 Å². The Morgan fingerprint density at radius 1 is 0.339 bits per heavy atom. The standard InChI is InChI=1S/C52H32N4/c1-2-12-33(13-3-1)34-22-24-37(25-23-34)50-52(54-45-20-10-9-19-44(45)53-50)56-47-31-27-35-14-4-6-16-39(35)49(47)43-30-28-38(32-48(43)56)55-46-21-11-8-18-41(46)42-29-26-36-15-5-7-17-40(36)51(42)55/h1-32H. The average molecular weight is 713 g/mol. The first-order valence-corrected chi connectivity index (χ1v) is 19.1. The van der Waals surface area contributed by atoms with Gasteiger partial charge in [0.15, 0.2) is 5.82 Å². The van der Waals surface area contributed by atoms with Gasteiger partial charge in [-0.25, -0.2) is 9.97 Å². The SMILES string of the molecule is c1ccc(-c2ccc(-c3nc4ccccc4nc3-n3c4cc(-n5c6ccccc6c6ccc7ccccc7c65)ccc4c4c5ccccc5ccc43)cc2)cc1. The Hall–Kier alpha value is -7.56. The van der Waals surface area contributed by atoms with Crippen LogP contribution in [0.2, 0.25) is 0 Å². The molecule has 4 heteroatoms. The molecular weight excluding hydrogens is 681 g/mol. The van der Waals surface area contributed by atoms with Gasteiger partial charge in [-0.1, -0.05) is 158 Å². The fraction of sp³-hybridized carbons (Fsp3) is 0. The molecule has 0 saturated heterocycles. The summed E-state index contributed by atoms with van der Waals surface area (Å²) in [5.74, 6) is 0.802. The van der Waals surface area contributed by atoms with Crippen LogP contribution in [-0.4, -0.2) is 19.1 Å². The van der Waals surface area contributed by atoms with E-state index in [9.17, 15) is 0 Å². The lowest BCUT2D eigenvalue weighted by Crippen LogP contribution is -2.04. The molecule has 0 saturated carbocycles. The molecule has 0 fully saturated rings. The molecule has 0 atom stereocenters. The van der Waals surface area contributed by atoms with Gasteiger partial charge in [0.1, 0.15) is 5.69 Å². The summed E-state index contributed by atoms with van der Waals surface area (Å²) in [6.07, 6.45) is 0. The number of nitrogens with zero attached hydrogens (tertiary/aromatic N) is 4. The van der Waals surface area contributed by atoms with Crippen LogP contribution in [0.25, 0.3) is 110 Å². The second-order valence-corrected chi connectivity index (χ2v) is 14.6. The zero-order chi connectivity index (χ0) is 36.7. The van der Waals surface area contributed by atoms with Crippen molar-refractivity contribution in [2.75, 3.05) is 0 Å². The van der Waals surface area contributed by atoms with E-state index < -0.39 is 0 Å². The molecule has 0 N–H and O–H groups in total. The minimum absolute atomic E-state index is 0.802.